The molecular formula is C25H32FN3O6. The summed E-state index contributed by atoms with van der Waals surface area (Å²) in [6.07, 6.45) is 1.70. The number of amides is 1. The lowest BCUT2D eigenvalue weighted by atomic mass is 10.0. The van der Waals surface area contributed by atoms with Crippen molar-refractivity contribution < 1.29 is 28.6 Å². The molecule has 2 atom stereocenters. The Labute approximate surface area is 202 Å². The van der Waals surface area contributed by atoms with Crippen LogP contribution in [-0.4, -0.2) is 53.6 Å². The van der Waals surface area contributed by atoms with Crippen LogP contribution in [0, 0.1) is 11.7 Å². The molecule has 10 heteroatoms. The molecule has 1 aromatic carbocycles. The number of benzene rings is 1. The highest BCUT2D eigenvalue weighted by atomic mass is 19.1. The van der Waals surface area contributed by atoms with E-state index in [0.29, 0.717) is 30.4 Å². The molecule has 2 N–H and O–H groups in total. The van der Waals surface area contributed by atoms with E-state index in [9.17, 15) is 19.5 Å². The van der Waals surface area contributed by atoms with Crippen molar-refractivity contribution in [3.8, 4) is 5.75 Å². The maximum Gasteiger partial charge on any atom is 0.407 e. The number of nitrogens with one attached hydrogen (secondary N) is 1. The van der Waals surface area contributed by atoms with Crippen molar-refractivity contribution in [2.45, 2.75) is 64.6 Å². The van der Waals surface area contributed by atoms with E-state index in [1.807, 2.05) is 11.8 Å². The number of nitrogens with zero attached hydrogens (tertiary/aromatic N) is 2. The molecule has 2 aromatic rings. The van der Waals surface area contributed by atoms with E-state index in [1.54, 1.807) is 20.8 Å². The number of rotatable bonds is 6. The summed E-state index contributed by atoms with van der Waals surface area (Å²) < 4.78 is 27.9. The SMILES string of the molecule is COc1c(N2CCC([C@H](C)NC(=O)OC(C)(C)C)C2)c(F)cc2cc(C(=O)O)c(=O)n(C3CC3)c12. The number of ether oxygens (including phenoxy) is 2. The predicted octanol–water partition coefficient (Wildman–Crippen LogP) is 3.92. The number of anilines is 1. The third-order valence-corrected chi connectivity index (χ3v) is 6.54. The first-order valence-corrected chi connectivity index (χ1v) is 11.8. The van der Waals surface area contributed by atoms with Crippen molar-refractivity contribution in [2.24, 2.45) is 5.92 Å². The second-order valence-corrected chi connectivity index (χ2v) is 10.4. The molecule has 35 heavy (non-hydrogen) atoms. The molecule has 1 aromatic heterocycles. The van der Waals surface area contributed by atoms with Gasteiger partial charge in [-0.05, 0) is 65.0 Å². The monoisotopic (exact) mass is 489 g/mol. The number of carboxylic acids is 1. The van der Waals surface area contributed by atoms with Crippen LogP contribution in [0.25, 0.3) is 10.9 Å². The molecular weight excluding hydrogens is 457 g/mol. The predicted molar refractivity (Wildman–Crippen MR) is 129 cm³/mol. The van der Waals surface area contributed by atoms with Crippen LogP contribution < -0.4 is 20.5 Å². The third-order valence-electron chi connectivity index (χ3n) is 6.54. The maximum atomic E-state index is 15.5. The molecule has 1 aliphatic heterocycles. The molecule has 4 rings (SSSR count). The number of pyridine rings is 1. The molecule has 190 valence electrons. The maximum absolute atomic E-state index is 15.5. The largest absolute Gasteiger partial charge is 0.492 e. The number of alkyl carbamates (subject to hydrolysis) is 1. The quantitative estimate of drug-likeness (QED) is 0.633. The second kappa shape index (κ2) is 9.05. The van der Waals surface area contributed by atoms with Gasteiger partial charge in [0.25, 0.3) is 5.56 Å². The van der Waals surface area contributed by atoms with Gasteiger partial charge >= 0.3 is 12.1 Å². The molecule has 2 heterocycles. The van der Waals surface area contributed by atoms with Gasteiger partial charge in [-0.1, -0.05) is 0 Å². The van der Waals surface area contributed by atoms with Crippen LogP contribution in [0.1, 0.15) is 63.4 Å². The molecule has 0 bridgehead atoms. The standard InChI is InChI=1S/C25H32FN3O6/c1-13(27-24(33)35-25(2,3)4)14-8-9-28(12-14)20-18(26)11-15-10-17(23(31)32)22(30)29(16-6-7-16)19(15)21(20)34-5/h10-11,13-14,16H,6-9,12H2,1-5H3,(H,27,33)(H,31,32)/t13-,14?/m0/s1. The van der Waals surface area contributed by atoms with Gasteiger partial charge in [-0.25, -0.2) is 14.0 Å². The first kappa shape index (κ1) is 24.8. The number of methoxy groups -OCH3 is 1. The molecule has 1 amide bonds. The van der Waals surface area contributed by atoms with Crippen LogP contribution >= 0.6 is 0 Å². The number of carbonyl (C=O) groups excluding carboxylic acids is 1. The van der Waals surface area contributed by atoms with Gasteiger partial charge in [-0.15, -0.1) is 0 Å². The molecule has 0 spiro atoms. The molecule has 1 aliphatic carbocycles. The summed E-state index contributed by atoms with van der Waals surface area (Å²) in [6.45, 7) is 8.28. The normalized spacial score (nSPS) is 19.0. The van der Waals surface area contributed by atoms with Crippen molar-refractivity contribution in [1.29, 1.82) is 0 Å². The lowest BCUT2D eigenvalue weighted by molar-refractivity contribution is 0.0494. The topological polar surface area (TPSA) is 110 Å². The number of aromatic carboxylic acids is 1. The van der Waals surface area contributed by atoms with E-state index in [2.05, 4.69) is 5.32 Å². The summed E-state index contributed by atoms with van der Waals surface area (Å²) in [5, 5.41) is 12.7. The minimum Gasteiger partial charge on any atom is -0.492 e. The van der Waals surface area contributed by atoms with Crippen LogP contribution in [0.15, 0.2) is 16.9 Å². The van der Waals surface area contributed by atoms with E-state index in [0.717, 1.165) is 12.8 Å². The summed E-state index contributed by atoms with van der Waals surface area (Å²) in [5.74, 6) is -1.64. The Morgan fingerprint density at radius 1 is 1.23 bits per heavy atom. The van der Waals surface area contributed by atoms with Crippen LogP contribution in [0.2, 0.25) is 0 Å². The fourth-order valence-corrected chi connectivity index (χ4v) is 4.76. The fraction of sp³-hybridized carbons (Fsp3) is 0.560. The van der Waals surface area contributed by atoms with Crippen molar-refractivity contribution in [2.75, 3.05) is 25.1 Å². The Kier molecular flexibility index (Phi) is 6.42. The Bertz CT molecular complexity index is 1230. The molecule has 1 saturated heterocycles. The molecule has 1 saturated carbocycles. The van der Waals surface area contributed by atoms with Gasteiger partial charge in [0.15, 0.2) is 11.6 Å². The van der Waals surface area contributed by atoms with Gasteiger partial charge in [-0.3, -0.25) is 4.79 Å². The van der Waals surface area contributed by atoms with Crippen molar-refractivity contribution in [1.82, 2.24) is 9.88 Å². The zero-order chi connectivity index (χ0) is 25.7. The first-order chi connectivity index (χ1) is 16.4. The van der Waals surface area contributed by atoms with Crippen molar-refractivity contribution in [3.05, 3.63) is 33.9 Å². The summed E-state index contributed by atoms with van der Waals surface area (Å²) in [7, 11) is 1.42. The van der Waals surface area contributed by atoms with Crippen molar-refractivity contribution >= 4 is 28.7 Å². The fourth-order valence-electron chi connectivity index (χ4n) is 4.76. The minimum atomic E-state index is -1.34. The highest BCUT2D eigenvalue weighted by Crippen LogP contribution is 2.44. The van der Waals surface area contributed by atoms with Crippen LogP contribution in [0.3, 0.4) is 0 Å². The van der Waals surface area contributed by atoms with E-state index in [-0.39, 0.29) is 35.0 Å². The summed E-state index contributed by atoms with van der Waals surface area (Å²) >= 11 is 0. The minimum absolute atomic E-state index is 0.0438. The van der Waals surface area contributed by atoms with E-state index in [4.69, 9.17) is 9.47 Å². The molecule has 2 fully saturated rings. The number of halogens is 1. The molecule has 9 nitrogen and oxygen atoms in total. The summed E-state index contributed by atoms with van der Waals surface area (Å²) in [4.78, 5) is 38.7. The average Bonchev–Trinajstić information content (AvgIpc) is 3.46. The summed E-state index contributed by atoms with van der Waals surface area (Å²) in [6, 6.07) is 2.15. The van der Waals surface area contributed by atoms with Gasteiger partial charge in [0, 0.05) is 30.6 Å². The zero-order valence-corrected chi connectivity index (χ0v) is 20.7. The number of hydrogen-bond acceptors (Lipinski definition) is 6. The summed E-state index contributed by atoms with van der Waals surface area (Å²) in [5.41, 5.74) is -0.960. The van der Waals surface area contributed by atoms with Gasteiger partial charge in [-0.2, -0.15) is 0 Å². The van der Waals surface area contributed by atoms with Gasteiger partial charge < -0.3 is 29.4 Å². The zero-order valence-electron chi connectivity index (χ0n) is 20.7. The second-order valence-electron chi connectivity index (χ2n) is 10.4. The Morgan fingerprint density at radius 3 is 2.49 bits per heavy atom. The first-order valence-electron chi connectivity index (χ1n) is 11.8. The van der Waals surface area contributed by atoms with E-state index >= 15 is 4.39 Å². The van der Waals surface area contributed by atoms with Gasteiger partial charge in [0.2, 0.25) is 0 Å². The molecule has 0 radical (unpaired) electrons. The van der Waals surface area contributed by atoms with E-state index in [1.165, 1.54) is 23.8 Å². The lowest BCUT2D eigenvalue weighted by Gasteiger charge is -2.27. The van der Waals surface area contributed by atoms with Gasteiger partial charge in [0.1, 0.15) is 16.9 Å². The number of carbonyl (C=O) groups is 2. The van der Waals surface area contributed by atoms with Crippen molar-refractivity contribution in [3.63, 3.8) is 0 Å². The highest BCUT2D eigenvalue weighted by molar-refractivity contribution is 5.97. The number of carboxylic acid groups (broad SMARTS) is 1. The average molecular weight is 490 g/mol. The molecule has 1 unspecified atom stereocenters. The Balaban J connectivity index is 1.69. The lowest BCUT2D eigenvalue weighted by Crippen LogP contribution is -2.42. The Morgan fingerprint density at radius 2 is 1.91 bits per heavy atom. The van der Waals surface area contributed by atoms with Gasteiger partial charge in [0.05, 0.1) is 12.6 Å². The van der Waals surface area contributed by atoms with Crippen LogP contribution in [-0.2, 0) is 4.74 Å². The number of aromatic nitrogens is 1. The number of fused-ring (bicyclic) bond motifs is 1. The highest BCUT2D eigenvalue weighted by Gasteiger charge is 2.35. The third kappa shape index (κ3) is 4.92. The smallest absolute Gasteiger partial charge is 0.407 e. The van der Waals surface area contributed by atoms with Crippen LogP contribution in [0.4, 0.5) is 14.9 Å². The molecule has 2 aliphatic rings. The van der Waals surface area contributed by atoms with Crippen LogP contribution in [0.5, 0.6) is 5.75 Å². The Hall–Kier alpha value is -3.30. The van der Waals surface area contributed by atoms with E-state index < -0.39 is 29.0 Å². The number of hydrogen-bond donors (Lipinski definition) is 2.